The van der Waals surface area contributed by atoms with E-state index in [-0.39, 0.29) is 23.3 Å². The summed E-state index contributed by atoms with van der Waals surface area (Å²) in [7, 11) is 0. The number of carbonyl (C=O) groups excluding carboxylic acids is 1. The highest BCUT2D eigenvalue weighted by atomic mass is 16.4. The monoisotopic (exact) mass is 396 g/mol. The number of nitrogens with one attached hydrogen (secondary N) is 2. The van der Waals surface area contributed by atoms with Gasteiger partial charge in [0, 0.05) is 5.54 Å². The molecular formula is C23H44N2O3. The van der Waals surface area contributed by atoms with Crippen LogP contribution in [0.2, 0.25) is 0 Å². The van der Waals surface area contributed by atoms with Crippen LogP contribution in [0.4, 0.5) is 0 Å². The Morgan fingerprint density at radius 2 is 1.50 bits per heavy atom. The van der Waals surface area contributed by atoms with Crippen LogP contribution in [0.3, 0.4) is 0 Å². The number of rotatable bonds is 7. The van der Waals surface area contributed by atoms with E-state index in [4.69, 9.17) is 0 Å². The average Bonchev–Trinajstić information content (AvgIpc) is 2.67. The van der Waals surface area contributed by atoms with E-state index in [0.29, 0.717) is 13.0 Å². The highest BCUT2D eigenvalue weighted by Gasteiger charge is 2.39. The van der Waals surface area contributed by atoms with Crippen LogP contribution in [0, 0.1) is 5.92 Å². The average molecular weight is 397 g/mol. The largest absolute Gasteiger partial charge is 0.481 e. The second-order valence-corrected chi connectivity index (χ2v) is 9.44. The van der Waals surface area contributed by atoms with E-state index in [0.717, 1.165) is 64.2 Å². The van der Waals surface area contributed by atoms with Gasteiger partial charge in [0.05, 0.1) is 17.5 Å². The number of carboxylic acids is 1. The molecule has 0 amide bonds. The molecule has 28 heavy (non-hydrogen) atoms. The van der Waals surface area contributed by atoms with E-state index in [2.05, 4.69) is 38.3 Å². The zero-order valence-electron chi connectivity index (χ0n) is 18.9. The lowest BCUT2D eigenvalue weighted by Gasteiger charge is -2.39. The lowest BCUT2D eigenvalue weighted by Crippen LogP contribution is -2.62. The van der Waals surface area contributed by atoms with Gasteiger partial charge in [0.2, 0.25) is 0 Å². The fourth-order valence-corrected chi connectivity index (χ4v) is 4.16. The van der Waals surface area contributed by atoms with Crippen LogP contribution < -0.4 is 10.6 Å². The van der Waals surface area contributed by atoms with Gasteiger partial charge >= 0.3 is 5.97 Å². The predicted octanol–water partition coefficient (Wildman–Crippen LogP) is 4.69. The number of hydrogen-bond acceptors (Lipinski definition) is 4. The summed E-state index contributed by atoms with van der Waals surface area (Å²) in [6.07, 6.45) is 10.2. The van der Waals surface area contributed by atoms with Gasteiger partial charge in [-0.05, 0) is 65.8 Å². The van der Waals surface area contributed by atoms with Gasteiger partial charge in [-0.15, -0.1) is 0 Å². The molecule has 3 N–H and O–H groups in total. The van der Waals surface area contributed by atoms with Crippen molar-refractivity contribution in [3.8, 4) is 0 Å². The fraction of sp³-hybridized carbons (Fsp3) is 0.913. The number of carbonyl (C=O) groups is 2. The Morgan fingerprint density at radius 1 is 0.929 bits per heavy atom. The summed E-state index contributed by atoms with van der Waals surface area (Å²) in [4.78, 5) is 24.9. The minimum absolute atomic E-state index is 0.0849. The molecule has 164 valence electrons. The number of Topliss-reactive ketones (excluding diaryl/α,β-unsaturated/α-hetero) is 1. The molecular weight excluding hydrogens is 352 g/mol. The van der Waals surface area contributed by atoms with Crippen molar-refractivity contribution in [2.24, 2.45) is 5.92 Å². The number of aliphatic carboxylic acids is 1. The molecule has 0 bridgehead atoms. The quantitative estimate of drug-likeness (QED) is 0.582. The fourth-order valence-electron chi connectivity index (χ4n) is 4.16. The highest BCUT2D eigenvalue weighted by molar-refractivity contribution is 5.92. The summed E-state index contributed by atoms with van der Waals surface area (Å²) < 4.78 is 0. The second kappa shape index (κ2) is 11.9. The van der Waals surface area contributed by atoms with Crippen LogP contribution in [-0.2, 0) is 9.59 Å². The Kier molecular flexibility index (Phi) is 10.7. The zero-order valence-corrected chi connectivity index (χ0v) is 18.9. The third-order valence-electron chi connectivity index (χ3n) is 6.58. The molecule has 0 spiro atoms. The van der Waals surface area contributed by atoms with Gasteiger partial charge in [-0.25, -0.2) is 0 Å². The molecule has 1 aliphatic rings. The Bertz CT molecular complexity index is 492. The molecule has 0 aromatic carbocycles. The molecule has 1 saturated heterocycles. The lowest BCUT2D eigenvalue weighted by atomic mass is 9.83. The first kappa shape index (κ1) is 25.1. The molecule has 0 aliphatic carbocycles. The van der Waals surface area contributed by atoms with Gasteiger partial charge < -0.3 is 15.7 Å². The van der Waals surface area contributed by atoms with Gasteiger partial charge in [-0.1, -0.05) is 46.0 Å². The van der Waals surface area contributed by atoms with Crippen molar-refractivity contribution in [1.82, 2.24) is 10.6 Å². The molecule has 5 nitrogen and oxygen atoms in total. The molecule has 1 rings (SSSR count). The maximum atomic E-state index is 13.5. The molecule has 1 fully saturated rings. The van der Waals surface area contributed by atoms with E-state index >= 15 is 0 Å². The Morgan fingerprint density at radius 3 is 2.07 bits per heavy atom. The third kappa shape index (κ3) is 8.20. The molecule has 5 heteroatoms. The summed E-state index contributed by atoms with van der Waals surface area (Å²) in [5.74, 6) is -0.669. The topological polar surface area (TPSA) is 78.4 Å². The van der Waals surface area contributed by atoms with Gasteiger partial charge in [0.1, 0.15) is 0 Å². The second-order valence-electron chi connectivity index (χ2n) is 9.44. The Balaban J connectivity index is 2.83. The van der Waals surface area contributed by atoms with Crippen LogP contribution >= 0.6 is 0 Å². The maximum absolute atomic E-state index is 13.5. The lowest BCUT2D eigenvalue weighted by molar-refractivity contribution is -0.142. The van der Waals surface area contributed by atoms with Gasteiger partial charge in [0.25, 0.3) is 0 Å². The first-order chi connectivity index (χ1) is 13.1. The van der Waals surface area contributed by atoms with Crippen molar-refractivity contribution in [2.75, 3.05) is 6.54 Å². The minimum atomic E-state index is -0.674. The molecule has 0 radical (unpaired) electrons. The van der Waals surface area contributed by atoms with E-state index in [1.54, 1.807) is 0 Å². The normalized spacial score (nSPS) is 25.6. The van der Waals surface area contributed by atoms with Crippen LogP contribution in [0.15, 0.2) is 0 Å². The summed E-state index contributed by atoms with van der Waals surface area (Å²) >= 11 is 0. The van der Waals surface area contributed by atoms with Crippen LogP contribution in [0.5, 0.6) is 0 Å². The van der Waals surface area contributed by atoms with Crippen molar-refractivity contribution in [3.05, 3.63) is 0 Å². The van der Waals surface area contributed by atoms with Crippen molar-refractivity contribution in [2.45, 2.75) is 122 Å². The van der Waals surface area contributed by atoms with Crippen molar-refractivity contribution in [3.63, 3.8) is 0 Å². The molecule has 3 atom stereocenters. The number of carboxylic acid groups (broad SMARTS) is 1. The summed E-state index contributed by atoms with van der Waals surface area (Å²) in [5, 5.41) is 16.5. The van der Waals surface area contributed by atoms with Crippen LogP contribution in [0.25, 0.3) is 0 Å². The van der Waals surface area contributed by atoms with Gasteiger partial charge in [-0.2, -0.15) is 0 Å². The molecule has 3 unspecified atom stereocenters. The first-order valence-electron chi connectivity index (χ1n) is 11.4. The summed E-state index contributed by atoms with van der Waals surface area (Å²) in [6, 6.07) is -0.158. The maximum Gasteiger partial charge on any atom is 0.306 e. The standard InChI is InChI=1S/C23H44N2O3/c1-6-22(3,4)25-23(5,7-2)20(26)19-16-12-10-8-9-11-14-18(21(27)28)15-13-17-24-19/h18-19,24-25H,6-17H2,1-5H3,(H,27,28). The highest BCUT2D eigenvalue weighted by Crippen LogP contribution is 2.23. The van der Waals surface area contributed by atoms with E-state index in [1.165, 1.54) is 0 Å². The summed E-state index contributed by atoms with van der Waals surface area (Å²) in [6.45, 7) is 11.3. The zero-order chi connectivity index (χ0) is 21.2. The van der Waals surface area contributed by atoms with E-state index in [9.17, 15) is 14.7 Å². The van der Waals surface area contributed by atoms with Crippen molar-refractivity contribution < 1.29 is 14.7 Å². The number of hydrogen-bond donors (Lipinski definition) is 3. The smallest absolute Gasteiger partial charge is 0.306 e. The third-order valence-corrected chi connectivity index (χ3v) is 6.58. The van der Waals surface area contributed by atoms with Gasteiger partial charge in [-0.3, -0.25) is 9.59 Å². The molecule has 0 saturated carbocycles. The Labute approximate surface area is 172 Å². The first-order valence-corrected chi connectivity index (χ1v) is 11.4. The van der Waals surface area contributed by atoms with E-state index in [1.807, 2.05) is 6.92 Å². The molecule has 1 heterocycles. The Hall–Kier alpha value is -0.940. The molecule has 0 aromatic rings. The molecule has 1 aliphatic heterocycles. The molecule has 0 aromatic heterocycles. The van der Waals surface area contributed by atoms with Gasteiger partial charge in [0.15, 0.2) is 5.78 Å². The van der Waals surface area contributed by atoms with Crippen molar-refractivity contribution >= 4 is 11.8 Å². The number of ketones is 1. The minimum Gasteiger partial charge on any atom is -0.481 e. The summed E-state index contributed by atoms with van der Waals surface area (Å²) in [5.41, 5.74) is -0.632. The SMILES string of the molecule is CCC(C)(C)NC(C)(CC)C(=O)C1CCCCCCCC(C(=O)O)CCCN1. The van der Waals surface area contributed by atoms with Crippen molar-refractivity contribution in [1.29, 1.82) is 0 Å². The van der Waals surface area contributed by atoms with Crippen LogP contribution in [0.1, 0.15) is 105 Å². The van der Waals surface area contributed by atoms with Crippen LogP contribution in [-0.4, -0.2) is 40.5 Å². The van der Waals surface area contributed by atoms with E-state index < -0.39 is 11.5 Å². The predicted molar refractivity (Wildman–Crippen MR) is 116 cm³/mol.